The van der Waals surface area contributed by atoms with Crippen molar-refractivity contribution < 1.29 is 0 Å². The normalized spacial score (nSPS) is 10.7. The van der Waals surface area contributed by atoms with Gasteiger partial charge < -0.3 is 0 Å². The molecule has 0 spiro atoms. The van der Waals surface area contributed by atoms with Gasteiger partial charge in [0.1, 0.15) is 0 Å². The Bertz CT molecular complexity index is 74.0. The van der Waals surface area contributed by atoms with Gasteiger partial charge in [-0.05, 0) is 6.42 Å². The van der Waals surface area contributed by atoms with E-state index in [-0.39, 0.29) is 0 Å². The zero-order valence-corrected chi connectivity index (χ0v) is 10.1. The van der Waals surface area contributed by atoms with E-state index in [1.807, 2.05) is 0 Å². The van der Waals surface area contributed by atoms with Gasteiger partial charge in [-0.2, -0.15) is 0 Å². The zero-order chi connectivity index (χ0) is 10.5. The Morgan fingerprint density at radius 3 is 1.93 bits per heavy atom. The second-order valence-electron chi connectivity index (χ2n) is 4.19. The molecule has 0 N–H and O–H groups in total. The van der Waals surface area contributed by atoms with Crippen LogP contribution in [0, 0.1) is 13.3 Å². The standard InChI is InChI=1S/C14H28/c1-3-5-7-9-11-13-14-12-10-8-6-4-2/h13H,1,3-12,14H2,2H3. The summed E-state index contributed by atoms with van der Waals surface area (Å²) in [5.41, 5.74) is 0. The largest absolute Gasteiger partial charge is 0.0654 e. The lowest BCUT2D eigenvalue weighted by molar-refractivity contribution is 0.609. The Hall–Kier alpha value is 0. The van der Waals surface area contributed by atoms with Crippen molar-refractivity contribution in [2.75, 3.05) is 0 Å². The molecule has 0 heteroatoms. The molecule has 0 aliphatic carbocycles. The first-order valence-corrected chi connectivity index (χ1v) is 6.52. The lowest BCUT2D eigenvalue weighted by Gasteiger charge is -2.01. The SMILES string of the molecule is [CH2]CCCCC[CH]CCCCCCC. The van der Waals surface area contributed by atoms with Crippen molar-refractivity contribution in [1.29, 1.82) is 0 Å². The van der Waals surface area contributed by atoms with Crippen LogP contribution in [0.5, 0.6) is 0 Å². The van der Waals surface area contributed by atoms with Gasteiger partial charge in [0.25, 0.3) is 0 Å². The quantitative estimate of drug-likeness (QED) is 0.391. The van der Waals surface area contributed by atoms with Crippen LogP contribution in [0.15, 0.2) is 0 Å². The predicted molar refractivity (Wildman–Crippen MR) is 66.1 cm³/mol. The van der Waals surface area contributed by atoms with Crippen LogP contribution in [0.2, 0.25) is 0 Å². The third kappa shape index (κ3) is 12.0. The maximum absolute atomic E-state index is 3.85. The molecule has 0 saturated carbocycles. The van der Waals surface area contributed by atoms with Crippen LogP contribution in [0.1, 0.15) is 77.6 Å². The van der Waals surface area contributed by atoms with Gasteiger partial charge >= 0.3 is 0 Å². The summed E-state index contributed by atoms with van der Waals surface area (Å²) in [7, 11) is 0. The Morgan fingerprint density at radius 2 is 1.36 bits per heavy atom. The molecule has 0 aromatic rings. The molecule has 0 fully saturated rings. The Balaban J connectivity index is 2.78. The summed E-state index contributed by atoms with van der Waals surface area (Å²) in [6.07, 6.45) is 17.4. The van der Waals surface area contributed by atoms with E-state index in [4.69, 9.17) is 0 Å². The fraction of sp³-hybridized carbons (Fsp3) is 0.857. The smallest absolute Gasteiger partial charge is 0.0386 e. The highest BCUT2D eigenvalue weighted by atomic mass is 14.0. The van der Waals surface area contributed by atoms with Crippen LogP contribution in [-0.2, 0) is 0 Å². The molecular formula is C14H28. The van der Waals surface area contributed by atoms with Crippen LogP contribution < -0.4 is 0 Å². The molecule has 0 rings (SSSR count). The summed E-state index contributed by atoms with van der Waals surface area (Å²) >= 11 is 0. The monoisotopic (exact) mass is 196 g/mol. The minimum Gasteiger partial charge on any atom is -0.0654 e. The molecule has 84 valence electrons. The van der Waals surface area contributed by atoms with E-state index in [9.17, 15) is 0 Å². The molecule has 0 unspecified atom stereocenters. The second kappa shape index (κ2) is 13.0. The van der Waals surface area contributed by atoms with Gasteiger partial charge in [0, 0.05) is 0 Å². The van der Waals surface area contributed by atoms with Crippen molar-refractivity contribution in [2.24, 2.45) is 0 Å². The summed E-state index contributed by atoms with van der Waals surface area (Å²) in [6.45, 7) is 6.12. The Morgan fingerprint density at radius 1 is 0.786 bits per heavy atom. The first-order chi connectivity index (χ1) is 6.91. The first kappa shape index (κ1) is 14.0. The lowest BCUT2D eigenvalue weighted by atomic mass is 10.1. The van der Waals surface area contributed by atoms with E-state index in [2.05, 4.69) is 20.3 Å². The molecule has 0 aromatic heterocycles. The van der Waals surface area contributed by atoms with Gasteiger partial charge in [-0.15, -0.1) is 0 Å². The molecule has 0 amide bonds. The number of hydrogen-bond acceptors (Lipinski definition) is 0. The van der Waals surface area contributed by atoms with Crippen molar-refractivity contribution in [3.05, 3.63) is 13.3 Å². The number of hydrogen-bond donors (Lipinski definition) is 0. The summed E-state index contributed by atoms with van der Waals surface area (Å²) in [4.78, 5) is 0. The highest BCUT2D eigenvalue weighted by Crippen LogP contribution is 2.10. The van der Waals surface area contributed by atoms with Gasteiger partial charge in [0.05, 0.1) is 0 Å². The zero-order valence-electron chi connectivity index (χ0n) is 10.1. The molecule has 0 atom stereocenters. The first-order valence-electron chi connectivity index (χ1n) is 6.52. The molecule has 0 heterocycles. The van der Waals surface area contributed by atoms with Crippen LogP contribution in [-0.4, -0.2) is 0 Å². The summed E-state index contributed by atoms with van der Waals surface area (Å²) in [5, 5.41) is 0. The Kier molecular flexibility index (Phi) is 13.0. The van der Waals surface area contributed by atoms with Crippen molar-refractivity contribution in [3.8, 4) is 0 Å². The van der Waals surface area contributed by atoms with E-state index in [0.29, 0.717) is 0 Å². The molecule has 14 heavy (non-hydrogen) atoms. The van der Waals surface area contributed by atoms with Crippen LogP contribution in [0.25, 0.3) is 0 Å². The third-order valence-electron chi connectivity index (χ3n) is 2.67. The summed E-state index contributed by atoms with van der Waals surface area (Å²) < 4.78 is 0. The van der Waals surface area contributed by atoms with Gasteiger partial charge in [-0.3, -0.25) is 0 Å². The van der Waals surface area contributed by atoms with E-state index < -0.39 is 0 Å². The minimum absolute atomic E-state index is 1.11. The van der Waals surface area contributed by atoms with Crippen LogP contribution >= 0.6 is 0 Å². The molecule has 0 bridgehead atoms. The van der Waals surface area contributed by atoms with E-state index in [0.717, 1.165) is 6.42 Å². The maximum atomic E-state index is 3.85. The second-order valence-corrected chi connectivity index (χ2v) is 4.19. The average molecular weight is 196 g/mol. The molecule has 0 aliphatic rings. The molecule has 0 nitrogen and oxygen atoms in total. The summed E-state index contributed by atoms with van der Waals surface area (Å²) in [6, 6.07) is 0. The highest BCUT2D eigenvalue weighted by molar-refractivity contribution is 4.64. The van der Waals surface area contributed by atoms with Crippen molar-refractivity contribution >= 4 is 0 Å². The van der Waals surface area contributed by atoms with Crippen molar-refractivity contribution in [1.82, 2.24) is 0 Å². The fourth-order valence-electron chi connectivity index (χ4n) is 1.68. The van der Waals surface area contributed by atoms with Gasteiger partial charge in [0.2, 0.25) is 0 Å². The predicted octanol–water partition coefficient (Wildman–Crippen LogP) is 5.34. The Labute approximate surface area is 91.5 Å². The van der Waals surface area contributed by atoms with Crippen LogP contribution in [0.4, 0.5) is 0 Å². The topological polar surface area (TPSA) is 0 Å². The van der Waals surface area contributed by atoms with E-state index in [1.54, 1.807) is 0 Å². The molecular weight excluding hydrogens is 168 g/mol. The molecule has 0 aliphatic heterocycles. The number of rotatable bonds is 11. The van der Waals surface area contributed by atoms with E-state index in [1.165, 1.54) is 64.2 Å². The highest BCUT2D eigenvalue weighted by Gasteiger charge is 1.91. The minimum atomic E-state index is 1.11. The fourth-order valence-corrected chi connectivity index (χ4v) is 1.68. The van der Waals surface area contributed by atoms with Gasteiger partial charge in [0.15, 0.2) is 0 Å². The average Bonchev–Trinajstić information content (AvgIpc) is 2.21. The van der Waals surface area contributed by atoms with Gasteiger partial charge in [-0.1, -0.05) is 84.5 Å². The maximum Gasteiger partial charge on any atom is -0.0386 e. The van der Waals surface area contributed by atoms with Crippen LogP contribution in [0.3, 0.4) is 0 Å². The van der Waals surface area contributed by atoms with Gasteiger partial charge in [-0.25, -0.2) is 0 Å². The number of unbranched alkanes of at least 4 members (excludes halogenated alkanes) is 11. The van der Waals surface area contributed by atoms with Crippen molar-refractivity contribution in [3.63, 3.8) is 0 Å². The van der Waals surface area contributed by atoms with Crippen molar-refractivity contribution in [2.45, 2.75) is 77.6 Å². The molecule has 0 aromatic carbocycles. The lowest BCUT2D eigenvalue weighted by Crippen LogP contribution is -1.82. The molecule has 0 saturated heterocycles. The van der Waals surface area contributed by atoms with E-state index >= 15 is 0 Å². The third-order valence-corrected chi connectivity index (χ3v) is 2.67. The molecule has 2 radical (unpaired) electrons. The summed E-state index contributed by atoms with van der Waals surface area (Å²) in [5.74, 6) is 0.